The van der Waals surface area contributed by atoms with Gasteiger partial charge in [0.05, 0.1) is 12.6 Å². The van der Waals surface area contributed by atoms with Crippen molar-refractivity contribution < 1.29 is 9.90 Å². The van der Waals surface area contributed by atoms with Crippen molar-refractivity contribution in [2.45, 2.75) is 45.2 Å². The molecule has 1 unspecified atom stereocenters. The molecule has 0 aromatic rings. The molecule has 0 aliphatic carbocycles. The number of hydrogen-bond donors (Lipinski definition) is 1. The Morgan fingerprint density at radius 1 is 1.58 bits per heavy atom. The summed E-state index contributed by atoms with van der Waals surface area (Å²) in [6, 6.07) is 0.0394. The van der Waals surface area contributed by atoms with Gasteiger partial charge in [-0.3, -0.25) is 4.79 Å². The highest BCUT2D eigenvalue weighted by Gasteiger charge is 2.37. The van der Waals surface area contributed by atoms with Crippen LogP contribution in [0.1, 0.15) is 33.6 Å². The Morgan fingerprint density at radius 3 is 2.50 bits per heavy atom. The Hall–Kier alpha value is -0.570. The van der Waals surface area contributed by atoms with Gasteiger partial charge in [-0.05, 0) is 27.2 Å². The van der Waals surface area contributed by atoms with Crippen molar-refractivity contribution in [3.05, 3.63) is 0 Å². The maximum absolute atomic E-state index is 11.4. The van der Waals surface area contributed by atoms with Crippen molar-refractivity contribution in [1.29, 1.82) is 0 Å². The molecule has 0 spiro atoms. The fourth-order valence-corrected chi connectivity index (χ4v) is 1.84. The van der Waals surface area contributed by atoms with Crippen LogP contribution in [0.5, 0.6) is 0 Å². The second-order valence-corrected chi connectivity index (χ2v) is 4.31. The van der Waals surface area contributed by atoms with E-state index < -0.39 is 0 Å². The number of rotatable bonds is 1. The highest BCUT2D eigenvalue weighted by atomic mass is 16.3. The van der Waals surface area contributed by atoms with Crippen LogP contribution in [-0.2, 0) is 4.79 Å². The molecule has 1 saturated heterocycles. The van der Waals surface area contributed by atoms with Gasteiger partial charge in [-0.2, -0.15) is 0 Å². The second kappa shape index (κ2) is 3.05. The monoisotopic (exact) mass is 171 g/mol. The zero-order valence-corrected chi connectivity index (χ0v) is 8.00. The molecule has 0 aromatic carbocycles. The van der Waals surface area contributed by atoms with Crippen LogP contribution in [-0.4, -0.2) is 34.1 Å². The number of nitrogens with zero attached hydrogens (tertiary/aromatic N) is 1. The summed E-state index contributed by atoms with van der Waals surface area (Å²) < 4.78 is 0. The number of amides is 1. The van der Waals surface area contributed by atoms with E-state index in [2.05, 4.69) is 0 Å². The number of likely N-dealkylation sites (tertiary alicyclic amines) is 1. The highest BCUT2D eigenvalue weighted by molar-refractivity contribution is 5.79. The van der Waals surface area contributed by atoms with Crippen molar-refractivity contribution in [2.75, 3.05) is 6.61 Å². The lowest BCUT2D eigenvalue weighted by atomic mass is 10.1. The number of carbonyl (C=O) groups excluding carboxylic acids is 1. The first-order valence-electron chi connectivity index (χ1n) is 4.40. The average Bonchev–Trinajstić information content (AvgIpc) is 2.29. The van der Waals surface area contributed by atoms with Crippen molar-refractivity contribution in [2.24, 2.45) is 0 Å². The Morgan fingerprint density at radius 2 is 2.17 bits per heavy atom. The van der Waals surface area contributed by atoms with Gasteiger partial charge in [-0.1, -0.05) is 0 Å². The molecule has 0 radical (unpaired) electrons. The van der Waals surface area contributed by atoms with Gasteiger partial charge >= 0.3 is 0 Å². The van der Waals surface area contributed by atoms with E-state index in [9.17, 15) is 4.79 Å². The number of hydrogen-bond acceptors (Lipinski definition) is 2. The summed E-state index contributed by atoms with van der Waals surface area (Å²) in [5.74, 6) is 0.168. The van der Waals surface area contributed by atoms with E-state index in [1.54, 1.807) is 4.90 Å². The predicted octanol–water partition coefficient (Wildman–Crippen LogP) is 0.768. The van der Waals surface area contributed by atoms with Gasteiger partial charge in [0.15, 0.2) is 0 Å². The lowest BCUT2D eigenvalue weighted by molar-refractivity contribution is -0.134. The number of aliphatic hydroxyl groups is 1. The van der Waals surface area contributed by atoms with Gasteiger partial charge in [-0.25, -0.2) is 0 Å². The Bertz CT molecular complexity index is 183. The van der Waals surface area contributed by atoms with Crippen LogP contribution in [0.2, 0.25) is 0 Å². The number of carbonyl (C=O) groups is 1. The van der Waals surface area contributed by atoms with Crippen molar-refractivity contribution in [3.63, 3.8) is 0 Å². The molecule has 0 aromatic heterocycles. The minimum Gasteiger partial charge on any atom is -0.394 e. The first-order chi connectivity index (χ1) is 5.46. The van der Waals surface area contributed by atoms with Crippen LogP contribution < -0.4 is 0 Å². The highest BCUT2D eigenvalue weighted by Crippen LogP contribution is 2.26. The minimum absolute atomic E-state index is 0.0394. The smallest absolute Gasteiger partial charge is 0.223 e. The third-order valence-corrected chi connectivity index (χ3v) is 2.26. The zero-order valence-electron chi connectivity index (χ0n) is 8.00. The average molecular weight is 171 g/mol. The first-order valence-corrected chi connectivity index (χ1v) is 4.40. The largest absolute Gasteiger partial charge is 0.394 e. The first kappa shape index (κ1) is 9.52. The third-order valence-electron chi connectivity index (χ3n) is 2.26. The maximum Gasteiger partial charge on any atom is 0.223 e. The molecule has 1 aliphatic rings. The molecule has 1 amide bonds. The van der Waals surface area contributed by atoms with E-state index in [0.29, 0.717) is 6.42 Å². The van der Waals surface area contributed by atoms with Gasteiger partial charge in [0.25, 0.3) is 0 Å². The molecule has 70 valence electrons. The standard InChI is InChI=1S/C9H17NO2/c1-9(2,3)10-7(6-11)4-5-8(10)12/h7,11H,4-6H2,1-3H3. The summed E-state index contributed by atoms with van der Waals surface area (Å²) in [6.07, 6.45) is 1.38. The summed E-state index contributed by atoms with van der Waals surface area (Å²) in [4.78, 5) is 13.2. The van der Waals surface area contributed by atoms with Gasteiger partial charge in [0.2, 0.25) is 5.91 Å². The molecule has 1 heterocycles. The van der Waals surface area contributed by atoms with E-state index in [-0.39, 0.29) is 24.1 Å². The minimum atomic E-state index is -0.152. The Kier molecular flexibility index (Phi) is 2.42. The van der Waals surface area contributed by atoms with Crippen molar-refractivity contribution in [3.8, 4) is 0 Å². The molecular formula is C9H17NO2. The molecule has 12 heavy (non-hydrogen) atoms. The van der Waals surface area contributed by atoms with Crippen molar-refractivity contribution in [1.82, 2.24) is 4.90 Å². The summed E-state index contributed by atoms with van der Waals surface area (Å²) in [6.45, 7) is 6.08. The fourth-order valence-electron chi connectivity index (χ4n) is 1.84. The second-order valence-electron chi connectivity index (χ2n) is 4.31. The third kappa shape index (κ3) is 1.61. The van der Waals surface area contributed by atoms with E-state index >= 15 is 0 Å². The molecule has 1 rings (SSSR count). The lowest BCUT2D eigenvalue weighted by Crippen LogP contribution is -2.48. The topological polar surface area (TPSA) is 40.5 Å². The summed E-state index contributed by atoms with van der Waals surface area (Å²) in [5.41, 5.74) is -0.152. The molecule has 1 N–H and O–H groups in total. The van der Waals surface area contributed by atoms with Crippen LogP contribution in [0.4, 0.5) is 0 Å². The number of aliphatic hydroxyl groups excluding tert-OH is 1. The van der Waals surface area contributed by atoms with Gasteiger partial charge in [0, 0.05) is 12.0 Å². The lowest BCUT2D eigenvalue weighted by Gasteiger charge is -2.36. The molecule has 1 fully saturated rings. The Balaban J connectivity index is 2.77. The van der Waals surface area contributed by atoms with E-state index in [4.69, 9.17) is 5.11 Å². The molecule has 0 bridgehead atoms. The summed E-state index contributed by atoms with van der Waals surface area (Å²) in [7, 11) is 0. The molecule has 1 atom stereocenters. The SMILES string of the molecule is CC(C)(C)N1C(=O)CCC1CO. The normalized spacial score (nSPS) is 25.2. The molecule has 3 heteroatoms. The molecule has 1 aliphatic heterocycles. The van der Waals surface area contributed by atoms with Crippen LogP contribution >= 0.6 is 0 Å². The van der Waals surface area contributed by atoms with Crippen LogP contribution in [0.25, 0.3) is 0 Å². The van der Waals surface area contributed by atoms with Crippen molar-refractivity contribution >= 4 is 5.91 Å². The van der Waals surface area contributed by atoms with E-state index in [1.807, 2.05) is 20.8 Å². The van der Waals surface area contributed by atoms with E-state index in [0.717, 1.165) is 6.42 Å². The molecular weight excluding hydrogens is 154 g/mol. The quantitative estimate of drug-likeness (QED) is 0.633. The van der Waals surface area contributed by atoms with Gasteiger partial charge in [0.1, 0.15) is 0 Å². The van der Waals surface area contributed by atoms with Gasteiger partial charge < -0.3 is 10.0 Å². The van der Waals surface area contributed by atoms with E-state index in [1.165, 1.54) is 0 Å². The van der Waals surface area contributed by atoms with Crippen LogP contribution in [0.3, 0.4) is 0 Å². The fraction of sp³-hybridized carbons (Fsp3) is 0.889. The Labute approximate surface area is 73.4 Å². The summed E-state index contributed by atoms with van der Waals surface area (Å²) >= 11 is 0. The molecule has 3 nitrogen and oxygen atoms in total. The van der Waals surface area contributed by atoms with Crippen LogP contribution in [0, 0.1) is 0 Å². The summed E-state index contributed by atoms with van der Waals surface area (Å²) in [5, 5.41) is 9.02. The van der Waals surface area contributed by atoms with Crippen LogP contribution in [0.15, 0.2) is 0 Å². The maximum atomic E-state index is 11.4. The molecule has 0 saturated carbocycles. The zero-order chi connectivity index (χ0) is 9.35. The predicted molar refractivity (Wildman–Crippen MR) is 46.7 cm³/mol. The van der Waals surface area contributed by atoms with Gasteiger partial charge in [-0.15, -0.1) is 0 Å².